The highest BCUT2D eigenvalue weighted by Crippen LogP contribution is 2.33. The summed E-state index contributed by atoms with van der Waals surface area (Å²) in [6.07, 6.45) is 0.503. The smallest absolute Gasteiger partial charge is 0.232 e. The van der Waals surface area contributed by atoms with Crippen LogP contribution in [0.5, 0.6) is 0 Å². The van der Waals surface area contributed by atoms with Gasteiger partial charge in [0.25, 0.3) is 0 Å². The van der Waals surface area contributed by atoms with Gasteiger partial charge < -0.3 is 19.1 Å². The minimum Gasteiger partial charge on any atom is -0.379 e. The van der Waals surface area contributed by atoms with Crippen LogP contribution in [0, 0.1) is 5.41 Å². The van der Waals surface area contributed by atoms with Crippen molar-refractivity contribution in [1.29, 1.82) is 0 Å². The normalized spacial score (nSPS) is 14.9. The van der Waals surface area contributed by atoms with Crippen LogP contribution in [-0.2, 0) is 16.1 Å². The van der Waals surface area contributed by atoms with Gasteiger partial charge in [0.1, 0.15) is 5.69 Å². The third-order valence-electron chi connectivity index (χ3n) is 6.04. The molecule has 182 valence electrons. The van der Waals surface area contributed by atoms with Crippen molar-refractivity contribution in [3.63, 3.8) is 0 Å². The van der Waals surface area contributed by atoms with Gasteiger partial charge in [-0.3, -0.25) is 9.69 Å². The molecule has 0 atom stereocenters. The Morgan fingerprint density at radius 2 is 1.76 bits per heavy atom. The van der Waals surface area contributed by atoms with Crippen LogP contribution in [0.3, 0.4) is 0 Å². The first-order valence-corrected chi connectivity index (χ1v) is 12.2. The molecule has 7 heteroatoms. The second-order valence-corrected chi connectivity index (χ2v) is 9.86. The number of carbonyl (C=O) groups excluding carboxylic acids is 1. The fourth-order valence-corrected chi connectivity index (χ4v) is 4.16. The van der Waals surface area contributed by atoms with E-state index in [0.29, 0.717) is 19.5 Å². The first-order chi connectivity index (χ1) is 15.8. The van der Waals surface area contributed by atoms with Gasteiger partial charge in [0.05, 0.1) is 25.3 Å². The summed E-state index contributed by atoms with van der Waals surface area (Å²) in [5.74, 6) is 0.931. The zero-order valence-electron chi connectivity index (χ0n) is 21.0. The average Bonchev–Trinajstić information content (AvgIpc) is 3.21. The number of hydrogen-bond acceptors (Lipinski definition) is 6. The first-order valence-electron chi connectivity index (χ1n) is 12.2. The van der Waals surface area contributed by atoms with Crippen molar-refractivity contribution in [3.05, 3.63) is 35.9 Å². The number of ether oxygens (including phenoxy) is 1. The van der Waals surface area contributed by atoms with Crippen molar-refractivity contribution in [2.45, 2.75) is 47.6 Å². The van der Waals surface area contributed by atoms with E-state index >= 15 is 0 Å². The lowest BCUT2D eigenvalue weighted by Crippen LogP contribution is -2.43. The maximum atomic E-state index is 13.4. The number of anilines is 1. The van der Waals surface area contributed by atoms with E-state index in [4.69, 9.17) is 9.26 Å². The van der Waals surface area contributed by atoms with E-state index in [2.05, 4.69) is 49.6 Å². The average molecular weight is 457 g/mol. The van der Waals surface area contributed by atoms with E-state index in [1.807, 2.05) is 35.2 Å². The highest BCUT2D eigenvalue weighted by molar-refractivity contribution is 5.78. The summed E-state index contributed by atoms with van der Waals surface area (Å²) < 4.78 is 11.4. The van der Waals surface area contributed by atoms with Crippen molar-refractivity contribution in [2.75, 3.05) is 57.4 Å². The number of carbonyl (C=O) groups is 1. The number of benzene rings is 1. The van der Waals surface area contributed by atoms with Crippen molar-refractivity contribution < 1.29 is 14.1 Å². The van der Waals surface area contributed by atoms with Gasteiger partial charge in [-0.05, 0) is 19.3 Å². The predicted octanol–water partition coefficient (Wildman–Crippen LogP) is 4.28. The minimum atomic E-state index is -0.0765. The SMILES string of the molecule is CCN(CC)c1onc(-c2ccccc2)c1CN(CCN1CCOCC1)C(=O)CC(C)(C)C. The molecule has 7 nitrogen and oxygen atoms in total. The van der Waals surface area contributed by atoms with Crippen LogP contribution in [0.15, 0.2) is 34.9 Å². The summed E-state index contributed by atoms with van der Waals surface area (Å²) in [6, 6.07) is 10.1. The third-order valence-corrected chi connectivity index (χ3v) is 6.04. The molecular weight excluding hydrogens is 416 g/mol. The van der Waals surface area contributed by atoms with Crippen LogP contribution in [0.4, 0.5) is 5.88 Å². The minimum absolute atomic E-state index is 0.0765. The second-order valence-electron chi connectivity index (χ2n) is 9.86. The molecule has 2 heterocycles. The Bertz CT molecular complexity index is 865. The molecule has 1 amide bonds. The Morgan fingerprint density at radius 3 is 2.36 bits per heavy atom. The van der Waals surface area contributed by atoms with E-state index in [0.717, 1.165) is 68.6 Å². The summed E-state index contributed by atoms with van der Waals surface area (Å²) in [6.45, 7) is 17.5. The van der Waals surface area contributed by atoms with E-state index in [1.54, 1.807) is 0 Å². The van der Waals surface area contributed by atoms with Crippen LogP contribution in [0.2, 0.25) is 0 Å². The zero-order chi connectivity index (χ0) is 23.8. The molecule has 1 aliphatic heterocycles. The number of hydrogen-bond donors (Lipinski definition) is 0. The summed E-state index contributed by atoms with van der Waals surface area (Å²) in [4.78, 5) is 20.0. The van der Waals surface area contributed by atoms with E-state index < -0.39 is 0 Å². The standard InChI is InChI=1S/C26H40N4O3/c1-6-29(7-2)25-22(24(27-33-25)21-11-9-8-10-12-21)20-30(23(31)19-26(3,4)5)14-13-28-15-17-32-18-16-28/h8-12H,6-7,13-20H2,1-5H3. The maximum absolute atomic E-state index is 13.4. The predicted molar refractivity (Wildman–Crippen MR) is 132 cm³/mol. The molecule has 1 aromatic heterocycles. The molecule has 3 rings (SSSR count). The second kappa shape index (κ2) is 11.7. The molecule has 0 N–H and O–H groups in total. The van der Waals surface area contributed by atoms with Crippen molar-refractivity contribution in [3.8, 4) is 11.3 Å². The fourth-order valence-electron chi connectivity index (χ4n) is 4.16. The molecule has 0 radical (unpaired) electrons. The summed E-state index contributed by atoms with van der Waals surface area (Å²) in [7, 11) is 0. The van der Waals surface area contributed by atoms with Gasteiger partial charge in [-0.25, -0.2) is 0 Å². The topological polar surface area (TPSA) is 62.1 Å². The Balaban J connectivity index is 1.91. The van der Waals surface area contributed by atoms with E-state index in [9.17, 15) is 4.79 Å². The molecule has 33 heavy (non-hydrogen) atoms. The third kappa shape index (κ3) is 7.05. The monoisotopic (exact) mass is 456 g/mol. The zero-order valence-corrected chi connectivity index (χ0v) is 21.0. The molecule has 1 saturated heterocycles. The van der Waals surface area contributed by atoms with Crippen LogP contribution < -0.4 is 4.90 Å². The molecular formula is C26H40N4O3. The maximum Gasteiger partial charge on any atom is 0.232 e. The van der Waals surface area contributed by atoms with Crippen LogP contribution in [0.1, 0.15) is 46.6 Å². The lowest BCUT2D eigenvalue weighted by atomic mass is 9.91. The van der Waals surface area contributed by atoms with Gasteiger partial charge in [0.15, 0.2) is 0 Å². The largest absolute Gasteiger partial charge is 0.379 e. The number of morpholine rings is 1. The number of rotatable bonds is 10. The number of aromatic nitrogens is 1. The summed E-state index contributed by atoms with van der Waals surface area (Å²) in [5, 5.41) is 4.46. The molecule has 0 spiro atoms. The van der Waals surface area contributed by atoms with Gasteiger partial charge in [-0.1, -0.05) is 56.3 Å². The quantitative estimate of drug-likeness (QED) is 0.532. The Hall–Kier alpha value is -2.38. The van der Waals surface area contributed by atoms with Gasteiger partial charge in [0, 0.05) is 51.3 Å². The number of amides is 1. The van der Waals surface area contributed by atoms with E-state index in [1.165, 1.54) is 0 Å². The molecule has 0 saturated carbocycles. The number of nitrogens with zero attached hydrogens (tertiary/aromatic N) is 4. The fraction of sp³-hybridized carbons (Fsp3) is 0.615. The highest BCUT2D eigenvalue weighted by Gasteiger charge is 2.27. The molecule has 1 aromatic carbocycles. The summed E-state index contributed by atoms with van der Waals surface area (Å²) in [5.41, 5.74) is 2.73. The van der Waals surface area contributed by atoms with Gasteiger partial charge >= 0.3 is 0 Å². The summed E-state index contributed by atoms with van der Waals surface area (Å²) >= 11 is 0. The van der Waals surface area contributed by atoms with Crippen molar-refractivity contribution in [2.24, 2.45) is 5.41 Å². The Kier molecular flexibility index (Phi) is 8.92. The molecule has 0 aliphatic carbocycles. The Labute approximate surface area is 198 Å². The molecule has 0 bridgehead atoms. The van der Waals surface area contributed by atoms with Gasteiger partial charge in [0.2, 0.25) is 11.8 Å². The van der Waals surface area contributed by atoms with Crippen LogP contribution >= 0.6 is 0 Å². The van der Waals surface area contributed by atoms with Crippen LogP contribution in [0.25, 0.3) is 11.3 Å². The van der Waals surface area contributed by atoms with Crippen molar-refractivity contribution >= 4 is 11.8 Å². The lowest BCUT2D eigenvalue weighted by Gasteiger charge is -2.32. The molecule has 2 aromatic rings. The first kappa shape index (κ1) is 25.2. The molecule has 0 unspecified atom stereocenters. The lowest BCUT2D eigenvalue weighted by molar-refractivity contribution is -0.134. The van der Waals surface area contributed by atoms with Crippen LogP contribution in [-0.4, -0.2) is 73.3 Å². The van der Waals surface area contributed by atoms with Gasteiger partial charge in [-0.2, -0.15) is 0 Å². The van der Waals surface area contributed by atoms with Gasteiger partial charge in [-0.15, -0.1) is 0 Å². The highest BCUT2D eigenvalue weighted by atomic mass is 16.5. The molecule has 1 fully saturated rings. The Morgan fingerprint density at radius 1 is 1.09 bits per heavy atom. The van der Waals surface area contributed by atoms with E-state index in [-0.39, 0.29) is 11.3 Å². The van der Waals surface area contributed by atoms with Crippen molar-refractivity contribution in [1.82, 2.24) is 15.0 Å². The molecule has 1 aliphatic rings.